The molecule has 0 radical (unpaired) electrons. The van der Waals surface area contributed by atoms with Gasteiger partial charge in [0, 0.05) is 0 Å². The molecule has 9 nitrogen and oxygen atoms in total. The van der Waals surface area contributed by atoms with Gasteiger partial charge in [0.1, 0.15) is 12.4 Å². The van der Waals surface area contributed by atoms with E-state index >= 15 is 0 Å². The van der Waals surface area contributed by atoms with Gasteiger partial charge in [0.2, 0.25) is 0 Å². The van der Waals surface area contributed by atoms with Crippen LogP contribution in [0.2, 0.25) is 0 Å². The highest BCUT2D eigenvalue weighted by Gasteiger charge is 2.28. The van der Waals surface area contributed by atoms with Crippen LogP contribution in [0.3, 0.4) is 0 Å². The molecule has 1 N–H and O–H groups in total. The maximum absolute atomic E-state index is 14.0. The van der Waals surface area contributed by atoms with Crippen LogP contribution in [0.5, 0.6) is 17.2 Å². The largest absolute Gasteiger partial charge is 0.497 e. The van der Waals surface area contributed by atoms with E-state index < -0.39 is 15.9 Å². The summed E-state index contributed by atoms with van der Waals surface area (Å²) in [5.41, 5.74) is 4.20. The summed E-state index contributed by atoms with van der Waals surface area (Å²) < 4.78 is 46.1. The number of nitrogens with one attached hydrogen (secondary N) is 1. The molecule has 4 aromatic carbocycles. The van der Waals surface area contributed by atoms with Crippen molar-refractivity contribution in [2.75, 3.05) is 25.1 Å². The quantitative estimate of drug-likeness (QED) is 0.104. The first-order valence-electron chi connectivity index (χ1n) is 13.0. The smallest absolute Gasteiger partial charge is 0.273 e. The molecule has 0 bridgehead atoms. The van der Waals surface area contributed by atoms with Crippen molar-refractivity contribution >= 4 is 43.8 Å². The van der Waals surface area contributed by atoms with Crippen LogP contribution in [0.1, 0.15) is 21.5 Å². The zero-order valence-electron chi connectivity index (χ0n) is 23.6. The van der Waals surface area contributed by atoms with E-state index in [1.807, 2.05) is 30.3 Å². The van der Waals surface area contributed by atoms with Gasteiger partial charge in [0.05, 0.1) is 47.6 Å². The van der Waals surface area contributed by atoms with Crippen LogP contribution in [0.25, 0.3) is 0 Å². The summed E-state index contributed by atoms with van der Waals surface area (Å²) in [5.74, 6) is 0.908. The molecule has 222 valence electrons. The number of carbonyl (C=O) groups excluding carboxylic acids is 1. The Labute approximate surface area is 259 Å². The summed E-state index contributed by atoms with van der Waals surface area (Å²) in [4.78, 5) is 13.4. The fourth-order valence-corrected chi connectivity index (χ4v) is 6.18. The van der Waals surface area contributed by atoms with Gasteiger partial charge in [0.15, 0.2) is 11.5 Å². The Bertz CT molecular complexity index is 1710. The fourth-order valence-electron chi connectivity index (χ4n) is 4.13. The molecule has 0 unspecified atom stereocenters. The van der Waals surface area contributed by atoms with Crippen molar-refractivity contribution in [2.24, 2.45) is 5.10 Å². The molecule has 0 heterocycles. The van der Waals surface area contributed by atoms with Crippen molar-refractivity contribution in [1.82, 2.24) is 5.43 Å². The number of methoxy groups -OCH3 is 2. The average molecular weight is 665 g/mol. The minimum Gasteiger partial charge on any atom is -0.497 e. The number of sulfonamides is 1. The Morgan fingerprint density at radius 3 is 2.35 bits per heavy atom. The third-order valence-electron chi connectivity index (χ3n) is 6.21. The number of amides is 1. The number of carbonyl (C=O) groups is 1. The van der Waals surface area contributed by atoms with Gasteiger partial charge >= 0.3 is 0 Å². The molecule has 0 aliphatic rings. The molecule has 0 saturated heterocycles. The van der Waals surface area contributed by atoms with Crippen LogP contribution in [0.15, 0.2) is 118 Å². The van der Waals surface area contributed by atoms with Gasteiger partial charge in [-0.25, -0.2) is 13.8 Å². The Balaban J connectivity index is 1.65. The normalized spacial score (nSPS) is 11.1. The third kappa shape index (κ3) is 7.62. The lowest BCUT2D eigenvalue weighted by atomic mass is 10.1. The highest BCUT2D eigenvalue weighted by atomic mass is 79.9. The highest BCUT2D eigenvalue weighted by molar-refractivity contribution is 9.10. The zero-order chi connectivity index (χ0) is 30.8. The Morgan fingerprint density at radius 1 is 0.977 bits per heavy atom. The number of nitrogens with zero attached hydrogens (tertiary/aromatic N) is 2. The average Bonchev–Trinajstić information content (AvgIpc) is 3.03. The second-order valence-electron chi connectivity index (χ2n) is 9.02. The molecule has 0 aliphatic heterocycles. The molecule has 0 spiro atoms. The highest BCUT2D eigenvalue weighted by Crippen LogP contribution is 2.36. The molecule has 0 aliphatic carbocycles. The van der Waals surface area contributed by atoms with E-state index in [9.17, 15) is 13.2 Å². The second-order valence-corrected chi connectivity index (χ2v) is 11.7. The van der Waals surface area contributed by atoms with Crippen molar-refractivity contribution in [3.63, 3.8) is 0 Å². The van der Waals surface area contributed by atoms with Crippen molar-refractivity contribution in [3.05, 3.63) is 125 Å². The fraction of sp³-hybridized carbons (Fsp3) is 0.125. The van der Waals surface area contributed by atoms with E-state index in [-0.39, 0.29) is 22.7 Å². The van der Waals surface area contributed by atoms with Crippen LogP contribution in [0.4, 0.5) is 5.69 Å². The molecule has 4 aromatic rings. The molecule has 11 heteroatoms. The molecule has 4 rings (SSSR count). The predicted molar refractivity (Wildman–Crippen MR) is 171 cm³/mol. The lowest BCUT2D eigenvalue weighted by Gasteiger charge is -2.26. The maximum atomic E-state index is 14.0. The first-order valence-corrected chi connectivity index (χ1v) is 15.3. The van der Waals surface area contributed by atoms with E-state index in [0.29, 0.717) is 33.9 Å². The standard InChI is InChI=1S/C32H30BrN3O6S/c1-4-18-42-31-28(33)19-24(20-30(31)41-3)21-34-35-32(37)27-12-8-9-13-29(27)36(22-23-10-6-5-7-11-23)43(38,39)26-16-14-25(40-2)15-17-26/h4-17,19-21H,1,18,22H2,2-3H3,(H,35,37)/b34-21-. The minimum absolute atomic E-state index is 0.00312. The zero-order valence-corrected chi connectivity index (χ0v) is 26.0. The number of anilines is 1. The summed E-state index contributed by atoms with van der Waals surface area (Å²) in [6.07, 6.45) is 3.07. The Kier molecular flexibility index (Phi) is 10.6. The molecule has 0 fully saturated rings. The van der Waals surface area contributed by atoms with E-state index in [1.54, 1.807) is 54.6 Å². The van der Waals surface area contributed by atoms with Crippen molar-refractivity contribution in [3.8, 4) is 17.2 Å². The summed E-state index contributed by atoms with van der Waals surface area (Å²) in [6.45, 7) is 3.95. The third-order valence-corrected chi connectivity index (χ3v) is 8.57. The molecule has 0 saturated carbocycles. The minimum atomic E-state index is -4.10. The summed E-state index contributed by atoms with van der Waals surface area (Å²) >= 11 is 3.47. The Hall–Kier alpha value is -4.61. The summed E-state index contributed by atoms with van der Waals surface area (Å²) in [6, 6.07) is 25.2. The van der Waals surface area contributed by atoms with Gasteiger partial charge in [-0.3, -0.25) is 9.10 Å². The van der Waals surface area contributed by atoms with Gasteiger partial charge in [-0.1, -0.05) is 55.1 Å². The topological polar surface area (TPSA) is 107 Å². The number of ether oxygens (including phenoxy) is 3. The number of rotatable bonds is 13. The first kappa shape index (κ1) is 31.3. The number of para-hydroxylation sites is 1. The lowest BCUT2D eigenvalue weighted by Crippen LogP contribution is -2.33. The van der Waals surface area contributed by atoms with Crippen molar-refractivity contribution in [1.29, 1.82) is 0 Å². The van der Waals surface area contributed by atoms with E-state index in [0.717, 1.165) is 5.56 Å². The Morgan fingerprint density at radius 2 is 1.67 bits per heavy atom. The van der Waals surface area contributed by atoms with Gasteiger partial charge in [0.25, 0.3) is 15.9 Å². The number of hydrogen-bond donors (Lipinski definition) is 1. The lowest BCUT2D eigenvalue weighted by molar-refractivity contribution is 0.0955. The molecule has 0 atom stereocenters. The van der Waals surface area contributed by atoms with Crippen LogP contribution in [-0.4, -0.2) is 41.4 Å². The SMILES string of the molecule is C=CCOc1c(Br)cc(/C=N\NC(=O)c2ccccc2N(Cc2ccccc2)S(=O)(=O)c2ccc(OC)cc2)cc1OC. The molecule has 43 heavy (non-hydrogen) atoms. The molecule has 0 aromatic heterocycles. The monoisotopic (exact) mass is 663 g/mol. The van der Waals surface area contributed by atoms with Gasteiger partial charge in [-0.15, -0.1) is 0 Å². The molecule has 1 amide bonds. The van der Waals surface area contributed by atoms with E-state index in [2.05, 4.69) is 33.0 Å². The molecular formula is C32H30BrN3O6S. The first-order chi connectivity index (χ1) is 20.8. The number of hydrogen-bond acceptors (Lipinski definition) is 7. The van der Waals surface area contributed by atoms with Crippen LogP contribution in [-0.2, 0) is 16.6 Å². The number of hydrazone groups is 1. The molecular weight excluding hydrogens is 634 g/mol. The summed E-state index contributed by atoms with van der Waals surface area (Å²) in [5, 5.41) is 4.11. The predicted octanol–water partition coefficient (Wildman–Crippen LogP) is 6.19. The van der Waals surface area contributed by atoms with E-state index in [4.69, 9.17) is 14.2 Å². The van der Waals surface area contributed by atoms with Gasteiger partial charge < -0.3 is 14.2 Å². The van der Waals surface area contributed by atoms with Crippen molar-refractivity contribution < 1.29 is 27.4 Å². The van der Waals surface area contributed by atoms with Gasteiger partial charge in [-0.2, -0.15) is 5.10 Å². The van der Waals surface area contributed by atoms with E-state index in [1.165, 1.54) is 36.9 Å². The van der Waals surface area contributed by atoms with Crippen LogP contribution >= 0.6 is 15.9 Å². The van der Waals surface area contributed by atoms with Gasteiger partial charge in [-0.05, 0) is 75.6 Å². The second kappa shape index (κ2) is 14.5. The van der Waals surface area contributed by atoms with Crippen LogP contribution < -0.4 is 23.9 Å². The summed E-state index contributed by atoms with van der Waals surface area (Å²) in [7, 11) is -1.08. The number of benzene rings is 4. The van der Waals surface area contributed by atoms with Crippen LogP contribution in [0, 0.1) is 0 Å². The maximum Gasteiger partial charge on any atom is 0.273 e. The number of halogens is 1. The van der Waals surface area contributed by atoms with Crippen molar-refractivity contribution in [2.45, 2.75) is 11.4 Å².